The van der Waals surface area contributed by atoms with Crippen molar-refractivity contribution in [3.8, 4) is 0 Å². The number of anilines is 1. The third kappa shape index (κ3) is 2.70. The smallest absolute Gasteiger partial charge is 0.317 e. The van der Waals surface area contributed by atoms with E-state index in [1.165, 1.54) is 0 Å². The highest BCUT2D eigenvalue weighted by Gasteiger charge is 2.31. The normalized spacial score (nSPS) is 21.9. The van der Waals surface area contributed by atoms with Crippen molar-refractivity contribution in [3.05, 3.63) is 33.9 Å². The monoisotopic (exact) mass is 304 g/mol. The lowest BCUT2D eigenvalue weighted by Crippen LogP contribution is -2.49. The van der Waals surface area contributed by atoms with Gasteiger partial charge in [-0.1, -0.05) is 0 Å². The number of rotatable bonds is 3. The van der Waals surface area contributed by atoms with Crippen LogP contribution in [-0.4, -0.2) is 48.1 Å². The van der Waals surface area contributed by atoms with Crippen LogP contribution in [0.4, 0.5) is 16.2 Å². The fourth-order valence-electron chi connectivity index (χ4n) is 3.32. The molecule has 2 heterocycles. The largest absolute Gasteiger partial charge is 0.369 e. The van der Waals surface area contributed by atoms with E-state index in [9.17, 15) is 14.9 Å². The molecule has 0 saturated carbocycles. The number of carbonyl (C=O) groups excluding carboxylic acids is 1. The lowest BCUT2D eigenvalue weighted by atomic mass is 10.0. The Hall–Kier alpha value is -2.31. The van der Waals surface area contributed by atoms with E-state index >= 15 is 0 Å². The van der Waals surface area contributed by atoms with E-state index in [1.54, 1.807) is 19.1 Å². The first-order valence-corrected chi connectivity index (χ1v) is 7.61. The molecule has 0 spiro atoms. The molecule has 7 heteroatoms. The van der Waals surface area contributed by atoms with Crippen LogP contribution in [0.15, 0.2) is 18.2 Å². The summed E-state index contributed by atoms with van der Waals surface area (Å²) in [5.41, 5.74) is 1.81. The number of carbonyl (C=O) groups is 1. The standard InChI is InChI=1S/C15H20N4O3/c1-11-9-12(4-5-14(11)19(21)22)17-7-2-3-13(10-17)18-8-6-16-15(18)20/h4-5,9,13H,2-3,6-8,10H2,1H3,(H,16,20). The number of nitrogens with zero attached hydrogens (tertiary/aromatic N) is 3. The molecule has 1 aromatic rings. The van der Waals surface area contributed by atoms with E-state index in [0.29, 0.717) is 12.1 Å². The highest BCUT2D eigenvalue weighted by Crippen LogP contribution is 2.27. The van der Waals surface area contributed by atoms with Gasteiger partial charge in [0, 0.05) is 43.5 Å². The Kier molecular flexibility index (Phi) is 3.87. The number of urea groups is 1. The van der Waals surface area contributed by atoms with Gasteiger partial charge in [0.05, 0.1) is 11.0 Å². The van der Waals surface area contributed by atoms with Crippen LogP contribution in [-0.2, 0) is 0 Å². The molecular weight excluding hydrogens is 284 g/mol. The van der Waals surface area contributed by atoms with Gasteiger partial charge in [0.2, 0.25) is 0 Å². The van der Waals surface area contributed by atoms with E-state index in [0.717, 1.165) is 38.2 Å². The fourth-order valence-corrected chi connectivity index (χ4v) is 3.32. The molecule has 1 N–H and O–H groups in total. The van der Waals surface area contributed by atoms with E-state index < -0.39 is 0 Å². The van der Waals surface area contributed by atoms with E-state index in [-0.39, 0.29) is 22.7 Å². The summed E-state index contributed by atoms with van der Waals surface area (Å²) in [7, 11) is 0. The first-order chi connectivity index (χ1) is 10.6. The Morgan fingerprint density at radius 3 is 2.82 bits per heavy atom. The van der Waals surface area contributed by atoms with Crippen molar-refractivity contribution in [1.29, 1.82) is 0 Å². The summed E-state index contributed by atoms with van der Waals surface area (Å²) in [6, 6.07) is 5.47. The molecule has 1 unspecified atom stereocenters. The number of nitro benzene ring substituents is 1. The minimum Gasteiger partial charge on any atom is -0.369 e. The molecule has 1 atom stereocenters. The highest BCUT2D eigenvalue weighted by molar-refractivity contribution is 5.76. The molecule has 2 saturated heterocycles. The maximum Gasteiger partial charge on any atom is 0.317 e. The average Bonchev–Trinajstić information content (AvgIpc) is 2.93. The molecule has 1 aromatic carbocycles. The van der Waals surface area contributed by atoms with E-state index in [2.05, 4.69) is 10.2 Å². The van der Waals surface area contributed by atoms with Gasteiger partial charge in [-0.2, -0.15) is 0 Å². The average molecular weight is 304 g/mol. The summed E-state index contributed by atoms with van der Waals surface area (Å²) in [6.07, 6.45) is 2.03. The van der Waals surface area contributed by atoms with Crippen molar-refractivity contribution >= 4 is 17.4 Å². The molecule has 0 radical (unpaired) electrons. The van der Waals surface area contributed by atoms with Crippen LogP contribution < -0.4 is 10.2 Å². The fraction of sp³-hybridized carbons (Fsp3) is 0.533. The van der Waals surface area contributed by atoms with Crippen molar-refractivity contribution in [2.45, 2.75) is 25.8 Å². The van der Waals surface area contributed by atoms with Gasteiger partial charge in [0.15, 0.2) is 0 Å². The lowest BCUT2D eigenvalue weighted by molar-refractivity contribution is -0.385. The predicted molar refractivity (Wildman–Crippen MR) is 83.2 cm³/mol. The lowest BCUT2D eigenvalue weighted by Gasteiger charge is -2.38. The quantitative estimate of drug-likeness (QED) is 0.683. The van der Waals surface area contributed by atoms with Gasteiger partial charge in [-0.05, 0) is 31.9 Å². The second-order valence-corrected chi connectivity index (χ2v) is 5.90. The van der Waals surface area contributed by atoms with Gasteiger partial charge in [-0.15, -0.1) is 0 Å². The van der Waals surface area contributed by atoms with Crippen LogP contribution >= 0.6 is 0 Å². The van der Waals surface area contributed by atoms with E-state index in [4.69, 9.17) is 0 Å². The van der Waals surface area contributed by atoms with Crippen LogP contribution in [0.25, 0.3) is 0 Å². The number of piperidine rings is 1. The second-order valence-electron chi connectivity index (χ2n) is 5.90. The third-order valence-electron chi connectivity index (χ3n) is 4.47. The Morgan fingerprint density at radius 1 is 1.36 bits per heavy atom. The zero-order valence-corrected chi connectivity index (χ0v) is 12.6. The molecule has 3 rings (SSSR count). The number of nitrogens with one attached hydrogen (secondary N) is 1. The maximum absolute atomic E-state index is 11.8. The van der Waals surface area contributed by atoms with Gasteiger partial charge in [0.1, 0.15) is 0 Å². The number of aryl methyl sites for hydroxylation is 1. The van der Waals surface area contributed by atoms with Crippen LogP contribution in [0, 0.1) is 17.0 Å². The van der Waals surface area contributed by atoms with Crippen LogP contribution in [0.5, 0.6) is 0 Å². The van der Waals surface area contributed by atoms with Crippen molar-refractivity contribution in [2.24, 2.45) is 0 Å². The van der Waals surface area contributed by atoms with Crippen molar-refractivity contribution in [1.82, 2.24) is 10.2 Å². The number of benzene rings is 1. The minimum absolute atomic E-state index is 0.0201. The summed E-state index contributed by atoms with van der Waals surface area (Å²) in [6.45, 7) is 4.94. The summed E-state index contributed by atoms with van der Waals surface area (Å²) >= 11 is 0. The molecule has 2 aliphatic rings. The zero-order chi connectivity index (χ0) is 15.7. The molecule has 0 aliphatic carbocycles. The van der Waals surface area contributed by atoms with Gasteiger partial charge < -0.3 is 15.1 Å². The van der Waals surface area contributed by atoms with Crippen molar-refractivity contribution < 1.29 is 9.72 Å². The molecule has 22 heavy (non-hydrogen) atoms. The van der Waals surface area contributed by atoms with Gasteiger partial charge >= 0.3 is 6.03 Å². The summed E-state index contributed by atoms with van der Waals surface area (Å²) in [4.78, 5) is 26.5. The van der Waals surface area contributed by atoms with Gasteiger partial charge in [-0.25, -0.2) is 4.79 Å². The van der Waals surface area contributed by atoms with Gasteiger partial charge in [-0.3, -0.25) is 10.1 Å². The summed E-state index contributed by atoms with van der Waals surface area (Å²) in [5, 5.41) is 13.8. The second kappa shape index (κ2) is 5.82. The van der Waals surface area contributed by atoms with Crippen molar-refractivity contribution in [3.63, 3.8) is 0 Å². The minimum atomic E-state index is -0.354. The highest BCUT2D eigenvalue weighted by atomic mass is 16.6. The predicted octanol–water partition coefficient (Wildman–Crippen LogP) is 1.90. The molecular formula is C15H20N4O3. The van der Waals surface area contributed by atoms with Crippen LogP contribution in [0.2, 0.25) is 0 Å². The summed E-state index contributed by atoms with van der Waals surface area (Å²) < 4.78 is 0. The maximum atomic E-state index is 11.8. The molecule has 2 amide bonds. The zero-order valence-electron chi connectivity index (χ0n) is 12.6. The van der Waals surface area contributed by atoms with Crippen LogP contribution in [0.1, 0.15) is 18.4 Å². The number of hydrogen-bond donors (Lipinski definition) is 1. The third-order valence-corrected chi connectivity index (χ3v) is 4.47. The molecule has 2 fully saturated rings. The number of amides is 2. The topological polar surface area (TPSA) is 78.7 Å². The first kappa shape index (κ1) is 14.6. The number of hydrogen-bond acceptors (Lipinski definition) is 4. The Labute approximate surface area is 129 Å². The molecule has 0 bridgehead atoms. The number of nitro groups is 1. The Morgan fingerprint density at radius 2 is 2.18 bits per heavy atom. The van der Waals surface area contributed by atoms with Gasteiger partial charge in [0.25, 0.3) is 5.69 Å². The molecule has 2 aliphatic heterocycles. The molecule has 118 valence electrons. The summed E-state index contributed by atoms with van der Waals surface area (Å²) in [5.74, 6) is 0. The Bertz CT molecular complexity index is 604. The SMILES string of the molecule is Cc1cc(N2CCCC(N3CCNC3=O)C2)ccc1[N+](=O)[O-]. The van der Waals surface area contributed by atoms with Crippen molar-refractivity contribution in [2.75, 3.05) is 31.1 Å². The molecule has 7 nitrogen and oxygen atoms in total. The van der Waals surface area contributed by atoms with Crippen LogP contribution in [0.3, 0.4) is 0 Å². The Balaban J connectivity index is 1.76. The molecule has 0 aromatic heterocycles. The first-order valence-electron chi connectivity index (χ1n) is 7.61. The van der Waals surface area contributed by atoms with E-state index in [1.807, 2.05) is 11.0 Å².